The molecule has 104 valence electrons. The van der Waals surface area contributed by atoms with E-state index < -0.39 is 5.54 Å². The van der Waals surface area contributed by atoms with Crippen LogP contribution in [0, 0.1) is 0 Å². The first kappa shape index (κ1) is 13.9. The molecule has 1 aliphatic rings. The van der Waals surface area contributed by atoms with Crippen LogP contribution in [0.1, 0.15) is 37.7 Å². The highest BCUT2D eigenvalue weighted by Gasteiger charge is 2.37. The average molecular weight is 281 g/mol. The first-order valence-corrected chi connectivity index (χ1v) is 7.41. The minimum absolute atomic E-state index is 0.0769. The topological polar surface area (TPSA) is 87.7 Å². The van der Waals surface area contributed by atoms with Crippen molar-refractivity contribution in [2.24, 2.45) is 10.9 Å². The van der Waals surface area contributed by atoms with Crippen molar-refractivity contribution in [2.45, 2.75) is 44.1 Å². The molecule has 2 rings (SSSR count). The van der Waals surface area contributed by atoms with Crippen molar-refractivity contribution >= 4 is 23.1 Å². The summed E-state index contributed by atoms with van der Waals surface area (Å²) in [5.41, 5.74) is 6.12. The Labute approximate surface area is 116 Å². The molecule has 0 aliphatic heterocycles. The number of carbonyl (C=O) groups excluding carboxylic acids is 1. The number of carbonyl (C=O) groups is 1. The van der Waals surface area contributed by atoms with Crippen LogP contribution in [0.2, 0.25) is 0 Å². The Balaban J connectivity index is 2.05. The second-order valence-corrected chi connectivity index (χ2v) is 5.76. The van der Waals surface area contributed by atoms with Gasteiger partial charge < -0.3 is 16.3 Å². The average Bonchev–Trinajstić information content (AvgIpc) is 2.91. The molecule has 1 amide bonds. The highest BCUT2D eigenvalue weighted by Crippen LogP contribution is 2.28. The van der Waals surface area contributed by atoms with Crippen molar-refractivity contribution in [2.75, 3.05) is 0 Å². The molecule has 1 heterocycles. The summed E-state index contributed by atoms with van der Waals surface area (Å²) in [6, 6.07) is 1.93. The number of hydrogen-bond donors (Lipinski definition) is 3. The van der Waals surface area contributed by atoms with Gasteiger partial charge in [0.2, 0.25) is 5.91 Å². The number of amidine groups is 1. The van der Waals surface area contributed by atoms with Crippen molar-refractivity contribution < 1.29 is 10.0 Å². The Morgan fingerprint density at radius 2 is 2.21 bits per heavy atom. The molecule has 1 aromatic heterocycles. The van der Waals surface area contributed by atoms with Gasteiger partial charge in [0, 0.05) is 0 Å². The van der Waals surface area contributed by atoms with Crippen molar-refractivity contribution in [1.82, 2.24) is 5.32 Å². The van der Waals surface area contributed by atoms with Crippen LogP contribution in [0.25, 0.3) is 0 Å². The summed E-state index contributed by atoms with van der Waals surface area (Å²) < 4.78 is 0. The van der Waals surface area contributed by atoms with E-state index in [2.05, 4.69) is 10.5 Å². The van der Waals surface area contributed by atoms with E-state index >= 15 is 0 Å². The van der Waals surface area contributed by atoms with Crippen molar-refractivity contribution in [3.8, 4) is 0 Å². The van der Waals surface area contributed by atoms with Crippen molar-refractivity contribution in [3.63, 3.8) is 0 Å². The van der Waals surface area contributed by atoms with E-state index in [-0.39, 0.29) is 11.7 Å². The van der Waals surface area contributed by atoms with Crippen LogP contribution >= 0.6 is 11.3 Å². The quantitative estimate of drug-likeness (QED) is 0.341. The van der Waals surface area contributed by atoms with Gasteiger partial charge in [-0.2, -0.15) is 11.3 Å². The molecule has 19 heavy (non-hydrogen) atoms. The molecule has 5 nitrogen and oxygen atoms in total. The largest absolute Gasteiger partial charge is 0.409 e. The van der Waals surface area contributed by atoms with Crippen LogP contribution in [0.5, 0.6) is 0 Å². The van der Waals surface area contributed by atoms with Gasteiger partial charge in [-0.05, 0) is 35.2 Å². The second-order valence-electron chi connectivity index (χ2n) is 4.98. The van der Waals surface area contributed by atoms with Gasteiger partial charge in [0.1, 0.15) is 5.54 Å². The van der Waals surface area contributed by atoms with E-state index in [1.54, 1.807) is 11.3 Å². The van der Waals surface area contributed by atoms with Gasteiger partial charge >= 0.3 is 0 Å². The predicted molar refractivity (Wildman–Crippen MR) is 75.4 cm³/mol. The SMILES string of the molecule is N/C(=N/O)C1(NC(=O)Cc2ccsc2)CCCCC1. The zero-order valence-electron chi connectivity index (χ0n) is 10.8. The van der Waals surface area contributed by atoms with Crippen molar-refractivity contribution in [1.29, 1.82) is 0 Å². The third kappa shape index (κ3) is 3.26. The molecule has 0 saturated heterocycles. The second kappa shape index (κ2) is 6.06. The maximum absolute atomic E-state index is 12.1. The van der Waals surface area contributed by atoms with Crippen molar-refractivity contribution in [3.05, 3.63) is 22.4 Å². The molecule has 1 fully saturated rings. The molecule has 1 saturated carbocycles. The number of nitrogens with two attached hydrogens (primary N) is 1. The lowest BCUT2D eigenvalue weighted by molar-refractivity contribution is -0.122. The molecule has 0 atom stereocenters. The zero-order chi connectivity index (χ0) is 13.7. The Hall–Kier alpha value is -1.56. The fraction of sp³-hybridized carbons (Fsp3) is 0.538. The fourth-order valence-corrected chi connectivity index (χ4v) is 3.25. The van der Waals surface area contributed by atoms with E-state index in [0.717, 1.165) is 37.7 Å². The van der Waals surface area contributed by atoms with Gasteiger partial charge in [0.05, 0.1) is 6.42 Å². The predicted octanol–water partition coefficient (Wildman–Crippen LogP) is 1.86. The van der Waals surface area contributed by atoms with E-state index in [9.17, 15) is 4.79 Å². The highest BCUT2D eigenvalue weighted by molar-refractivity contribution is 7.07. The number of nitrogens with zero attached hydrogens (tertiary/aromatic N) is 1. The first-order valence-electron chi connectivity index (χ1n) is 6.46. The lowest BCUT2D eigenvalue weighted by Gasteiger charge is -2.36. The number of nitrogens with one attached hydrogen (secondary N) is 1. The standard InChI is InChI=1S/C13H19N3O2S/c14-12(16-18)13(5-2-1-3-6-13)15-11(17)8-10-4-7-19-9-10/h4,7,9,18H,1-3,5-6,8H2,(H2,14,16)(H,15,17). The van der Waals surface area contributed by atoms with E-state index in [0.29, 0.717) is 6.42 Å². The summed E-state index contributed by atoms with van der Waals surface area (Å²) in [5, 5.41) is 18.9. The van der Waals surface area contributed by atoms with Gasteiger partial charge in [-0.15, -0.1) is 0 Å². The van der Waals surface area contributed by atoms with E-state index in [1.165, 1.54) is 0 Å². The Bertz CT molecular complexity index is 450. The molecule has 0 bridgehead atoms. The lowest BCUT2D eigenvalue weighted by atomic mass is 9.80. The van der Waals surface area contributed by atoms with Gasteiger partial charge in [-0.3, -0.25) is 4.79 Å². The van der Waals surface area contributed by atoms with Crippen LogP contribution < -0.4 is 11.1 Å². The number of rotatable bonds is 4. The zero-order valence-corrected chi connectivity index (χ0v) is 11.6. The number of amides is 1. The van der Waals surface area contributed by atoms with Crippen LogP contribution in [0.3, 0.4) is 0 Å². The summed E-state index contributed by atoms with van der Waals surface area (Å²) in [4.78, 5) is 12.1. The van der Waals surface area contributed by atoms with E-state index in [1.807, 2.05) is 16.8 Å². The highest BCUT2D eigenvalue weighted by atomic mass is 32.1. The summed E-state index contributed by atoms with van der Waals surface area (Å²) in [6.07, 6.45) is 4.89. The molecule has 1 aromatic rings. The Morgan fingerprint density at radius 3 is 2.79 bits per heavy atom. The maximum Gasteiger partial charge on any atom is 0.225 e. The maximum atomic E-state index is 12.1. The molecule has 0 spiro atoms. The van der Waals surface area contributed by atoms with Gasteiger partial charge in [0.15, 0.2) is 5.84 Å². The molecule has 0 unspecified atom stereocenters. The summed E-state index contributed by atoms with van der Waals surface area (Å²) in [5.74, 6) is 0.0396. The number of hydrogen-bond acceptors (Lipinski definition) is 4. The summed E-state index contributed by atoms with van der Waals surface area (Å²) in [6.45, 7) is 0. The molecule has 1 aliphatic carbocycles. The molecular formula is C13H19N3O2S. The lowest BCUT2D eigenvalue weighted by Crippen LogP contribution is -2.58. The third-order valence-electron chi connectivity index (χ3n) is 3.63. The molecule has 4 N–H and O–H groups in total. The molecule has 6 heteroatoms. The summed E-state index contributed by atoms with van der Waals surface area (Å²) in [7, 11) is 0. The number of thiophene rings is 1. The van der Waals surface area contributed by atoms with Gasteiger partial charge in [-0.1, -0.05) is 24.4 Å². The Morgan fingerprint density at radius 1 is 1.47 bits per heavy atom. The fourth-order valence-electron chi connectivity index (χ4n) is 2.59. The normalized spacial score (nSPS) is 19.1. The third-order valence-corrected chi connectivity index (χ3v) is 4.36. The van der Waals surface area contributed by atoms with Gasteiger partial charge in [0.25, 0.3) is 0 Å². The summed E-state index contributed by atoms with van der Waals surface area (Å²) >= 11 is 1.57. The Kier molecular flexibility index (Phi) is 4.42. The molecular weight excluding hydrogens is 262 g/mol. The minimum atomic E-state index is -0.667. The van der Waals surface area contributed by atoms with Crippen LogP contribution in [0.4, 0.5) is 0 Å². The minimum Gasteiger partial charge on any atom is -0.409 e. The van der Waals surface area contributed by atoms with E-state index in [4.69, 9.17) is 10.9 Å². The van der Waals surface area contributed by atoms with Crippen LogP contribution in [-0.4, -0.2) is 22.5 Å². The monoisotopic (exact) mass is 281 g/mol. The van der Waals surface area contributed by atoms with Crippen LogP contribution in [-0.2, 0) is 11.2 Å². The molecule has 0 radical (unpaired) electrons. The van der Waals surface area contributed by atoms with Crippen LogP contribution in [0.15, 0.2) is 22.0 Å². The molecule has 0 aromatic carbocycles. The van der Waals surface area contributed by atoms with Gasteiger partial charge in [-0.25, -0.2) is 0 Å². The smallest absolute Gasteiger partial charge is 0.225 e. The number of oxime groups is 1. The first-order chi connectivity index (χ1) is 9.16.